The van der Waals surface area contributed by atoms with E-state index in [9.17, 15) is 18.0 Å². The van der Waals surface area contributed by atoms with Crippen LogP contribution >= 0.6 is 0 Å². The van der Waals surface area contributed by atoms with Crippen molar-refractivity contribution in [3.63, 3.8) is 0 Å². The van der Waals surface area contributed by atoms with Crippen LogP contribution in [0.4, 0.5) is 13.2 Å². The highest BCUT2D eigenvalue weighted by atomic mass is 19.4. The maximum absolute atomic E-state index is 12.3. The Morgan fingerprint density at radius 3 is 2.05 bits per heavy atom. The Labute approximate surface area is 113 Å². The summed E-state index contributed by atoms with van der Waals surface area (Å²) in [7, 11) is 1.14. The van der Waals surface area contributed by atoms with E-state index in [0.717, 1.165) is 26.4 Å². The maximum atomic E-state index is 12.3. The van der Waals surface area contributed by atoms with Crippen LogP contribution < -0.4 is 0 Å². The SMILES string of the molecule is CCCCCCCCCC(CC(F)(F)F)C(=O)OC. The van der Waals surface area contributed by atoms with Crippen molar-refractivity contribution in [2.45, 2.75) is 70.9 Å². The van der Waals surface area contributed by atoms with Gasteiger partial charge < -0.3 is 4.74 Å². The molecule has 0 saturated carbocycles. The van der Waals surface area contributed by atoms with E-state index < -0.39 is 24.5 Å². The third-order valence-corrected chi connectivity index (χ3v) is 3.17. The number of rotatable bonds is 10. The molecular weight excluding hydrogens is 257 g/mol. The number of esters is 1. The summed E-state index contributed by atoms with van der Waals surface area (Å²) >= 11 is 0. The first kappa shape index (κ1) is 18.3. The lowest BCUT2D eigenvalue weighted by molar-refractivity contribution is -0.166. The van der Waals surface area contributed by atoms with Gasteiger partial charge in [0.05, 0.1) is 19.4 Å². The van der Waals surface area contributed by atoms with E-state index >= 15 is 0 Å². The minimum absolute atomic E-state index is 0.264. The molecule has 1 atom stereocenters. The topological polar surface area (TPSA) is 26.3 Å². The Morgan fingerprint density at radius 1 is 1.05 bits per heavy atom. The second kappa shape index (κ2) is 10.1. The summed E-state index contributed by atoms with van der Waals surface area (Å²) in [5, 5.41) is 0. The van der Waals surface area contributed by atoms with Crippen molar-refractivity contribution in [1.29, 1.82) is 0 Å². The number of carbonyl (C=O) groups is 1. The molecule has 0 spiro atoms. The number of ether oxygens (including phenoxy) is 1. The van der Waals surface area contributed by atoms with Crippen LogP contribution in [-0.4, -0.2) is 19.3 Å². The molecule has 0 aliphatic heterocycles. The van der Waals surface area contributed by atoms with Gasteiger partial charge >= 0.3 is 12.1 Å². The van der Waals surface area contributed by atoms with Gasteiger partial charge in [0, 0.05) is 0 Å². The van der Waals surface area contributed by atoms with E-state index in [0.29, 0.717) is 6.42 Å². The number of hydrogen-bond donors (Lipinski definition) is 0. The van der Waals surface area contributed by atoms with Gasteiger partial charge in [0.1, 0.15) is 0 Å². The zero-order chi connectivity index (χ0) is 14.7. The van der Waals surface area contributed by atoms with Crippen molar-refractivity contribution in [2.24, 2.45) is 5.92 Å². The molecule has 1 unspecified atom stereocenters. The third-order valence-electron chi connectivity index (χ3n) is 3.17. The molecule has 0 bridgehead atoms. The summed E-state index contributed by atoms with van der Waals surface area (Å²) in [6.07, 6.45) is 2.14. The smallest absolute Gasteiger partial charge is 0.389 e. The van der Waals surface area contributed by atoms with Gasteiger partial charge in [-0.1, -0.05) is 51.9 Å². The van der Waals surface area contributed by atoms with Gasteiger partial charge in [0.15, 0.2) is 0 Å². The Morgan fingerprint density at radius 2 is 1.58 bits per heavy atom. The maximum Gasteiger partial charge on any atom is 0.389 e. The Kier molecular flexibility index (Phi) is 9.70. The number of unbranched alkanes of at least 4 members (excludes halogenated alkanes) is 6. The highest BCUT2D eigenvalue weighted by Crippen LogP contribution is 2.28. The van der Waals surface area contributed by atoms with Crippen molar-refractivity contribution in [2.75, 3.05) is 7.11 Å². The van der Waals surface area contributed by atoms with E-state index in [2.05, 4.69) is 11.7 Å². The van der Waals surface area contributed by atoms with E-state index in [-0.39, 0.29) is 6.42 Å². The molecule has 2 nitrogen and oxygen atoms in total. The number of carbonyl (C=O) groups excluding carboxylic acids is 1. The number of methoxy groups -OCH3 is 1. The molecule has 0 heterocycles. The Balaban J connectivity index is 3.84. The average Bonchev–Trinajstić information content (AvgIpc) is 2.34. The lowest BCUT2D eigenvalue weighted by atomic mass is 9.97. The molecule has 0 rings (SSSR count). The fourth-order valence-corrected chi connectivity index (χ4v) is 2.10. The average molecular weight is 282 g/mol. The Bertz CT molecular complexity index is 239. The first-order chi connectivity index (χ1) is 8.90. The van der Waals surface area contributed by atoms with Crippen LogP contribution in [-0.2, 0) is 9.53 Å². The predicted octanol–water partition coefficient (Wildman–Crippen LogP) is 4.87. The van der Waals surface area contributed by atoms with Crippen LogP contribution in [0, 0.1) is 5.92 Å². The second-order valence-electron chi connectivity index (χ2n) is 4.95. The number of alkyl halides is 3. The zero-order valence-electron chi connectivity index (χ0n) is 11.9. The molecule has 0 aromatic heterocycles. The standard InChI is InChI=1S/C14H25F3O2/c1-3-4-5-6-7-8-9-10-12(13(18)19-2)11-14(15,16)17/h12H,3-11H2,1-2H3. The first-order valence-corrected chi connectivity index (χ1v) is 7.05. The van der Waals surface area contributed by atoms with Crippen LogP contribution in [0.25, 0.3) is 0 Å². The number of halogens is 3. The Hall–Kier alpha value is -0.740. The summed E-state index contributed by atoms with van der Waals surface area (Å²) < 4.78 is 41.4. The van der Waals surface area contributed by atoms with Crippen LogP contribution in [0.2, 0.25) is 0 Å². The van der Waals surface area contributed by atoms with Crippen LogP contribution in [0.5, 0.6) is 0 Å². The van der Waals surface area contributed by atoms with Gasteiger partial charge in [0.25, 0.3) is 0 Å². The normalized spacial score (nSPS) is 13.3. The van der Waals surface area contributed by atoms with Crippen LogP contribution in [0.3, 0.4) is 0 Å². The summed E-state index contributed by atoms with van der Waals surface area (Å²) in [4.78, 5) is 11.3. The van der Waals surface area contributed by atoms with Crippen molar-refractivity contribution in [1.82, 2.24) is 0 Å². The van der Waals surface area contributed by atoms with E-state index in [1.165, 1.54) is 19.3 Å². The van der Waals surface area contributed by atoms with Crippen LogP contribution in [0.1, 0.15) is 64.7 Å². The van der Waals surface area contributed by atoms with Gasteiger partial charge in [-0.2, -0.15) is 13.2 Å². The molecule has 0 N–H and O–H groups in total. The molecule has 5 heteroatoms. The van der Waals surface area contributed by atoms with Gasteiger partial charge in [0.2, 0.25) is 0 Å². The molecule has 19 heavy (non-hydrogen) atoms. The largest absolute Gasteiger partial charge is 0.469 e. The van der Waals surface area contributed by atoms with Crippen LogP contribution in [0.15, 0.2) is 0 Å². The van der Waals surface area contributed by atoms with Gasteiger partial charge in [-0.05, 0) is 6.42 Å². The molecule has 0 aromatic carbocycles. The summed E-state index contributed by atoms with van der Waals surface area (Å²) in [6.45, 7) is 2.14. The molecular formula is C14H25F3O2. The minimum Gasteiger partial charge on any atom is -0.469 e. The third kappa shape index (κ3) is 10.8. The first-order valence-electron chi connectivity index (χ1n) is 7.05. The second-order valence-corrected chi connectivity index (χ2v) is 4.95. The van der Waals surface area contributed by atoms with Crippen molar-refractivity contribution < 1.29 is 22.7 Å². The quantitative estimate of drug-likeness (QED) is 0.422. The highest BCUT2D eigenvalue weighted by molar-refractivity contribution is 5.72. The summed E-state index contributed by atoms with van der Waals surface area (Å²) in [5.41, 5.74) is 0. The molecule has 114 valence electrons. The monoisotopic (exact) mass is 282 g/mol. The zero-order valence-corrected chi connectivity index (χ0v) is 11.9. The van der Waals surface area contributed by atoms with E-state index in [1.807, 2.05) is 0 Å². The van der Waals surface area contributed by atoms with E-state index in [1.54, 1.807) is 0 Å². The molecule has 0 aliphatic rings. The molecule has 0 radical (unpaired) electrons. The van der Waals surface area contributed by atoms with Crippen molar-refractivity contribution in [3.8, 4) is 0 Å². The minimum atomic E-state index is -4.31. The highest BCUT2D eigenvalue weighted by Gasteiger charge is 2.35. The fourth-order valence-electron chi connectivity index (χ4n) is 2.10. The van der Waals surface area contributed by atoms with Crippen molar-refractivity contribution >= 4 is 5.97 Å². The van der Waals surface area contributed by atoms with Gasteiger partial charge in [-0.15, -0.1) is 0 Å². The molecule has 0 aromatic rings. The predicted molar refractivity (Wildman–Crippen MR) is 68.8 cm³/mol. The lowest BCUT2D eigenvalue weighted by Gasteiger charge is -2.16. The van der Waals surface area contributed by atoms with Gasteiger partial charge in [-0.25, -0.2) is 0 Å². The molecule has 0 saturated heterocycles. The summed E-state index contributed by atoms with van der Waals surface area (Å²) in [6, 6.07) is 0. The number of hydrogen-bond acceptors (Lipinski definition) is 2. The van der Waals surface area contributed by atoms with E-state index in [4.69, 9.17) is 0 Å². The fraction of sp³-hybridized carbons (Fsp3) is 0.929. The lowest BCUT2D eigenvalue weighted by Crippen LogP contribution is -2.23. The van der Waals surface area contributed by atoms with Gasteiger partial charge in [-0.3, -0.25) is 4.79 Å². The van der Waals surface area contributed by atoms with Crippen molar-refractivity contribution in [3.05, 3.63) is 0 Å². The molecule has 0 fully saturated rings. The summed E-state index contributed by atoms with van der Waals surface area (Å²) in [5.74, 6) is -1.79. The molecule has 0 amide bonds. The molecule has 0 aliphatic carbocycles.